The molecule has 0 aliphatic heterocycles. The first-order valence-corrected chi connectivity index (χ1v) is 4.88. The third-order valence-corrected chi connectivity index (χ3v) is 2.26. The van der Waals surface area contributed by atoms with Gasteiger partial charge < -0.3 is 9.88 Å². The first-order valence-electron chi connectivity index (χ1n) is 4.88. The Hall–Kier alpha value is -1.84. The lowest BCUT2D eigenvalue weighted by Crippen LogP contribution is -2.06. The molecule has 0 atom stereocenters. The Morgan fingerprint density at radius 3 is 2.87 bits per heavy atom. The lowest BCUT2D eigenvalue weighted by Gasteiger charge is -2.05. The van der Waals surface area contributed by atoms with Crippen LogP contribution in [0.25, 0.3) is 0 Å². The fraction of sp³-hybridized carbons (Fsp3) is 0.273. The number of imidazole rings is 1. The second kappa shape index (κ2) is 4.13. The fourth-order valence-corrected chi connectivity index (χ4v) is 1.37. The van der Waals surface area contributed by atoms with Gasteiger partial charge in [-0.1, -0.05) is 0 Å². The maximum atomic E-state index is 4.23. The van der Waals surface area contributed by atoms with Gasteiger partial charge in [0.05, 0.1) is 6.54 Å². The Labute approximate surface area is 89.0 Å². The molecule has 78 valence electrons. The van der Waals surface area contributed by atoms with Gasteiger partial charge in [-0.3, -0.25) is 0 Å². The molecule has 0 saturated heterocycles. The Kier molecular flexibility index (Phi) is 2.67. The van der Waals surface area contributed by atoms with Gasteiger partial charge in [0.2, 0.25) is 0 Å². The summed E-state index contributed by atoms with van der Waals surface area (Å²) in [6.07, 6.45) is 5.53. The van der Waals surface area contributed by atoms with Crippen LogP contribution in [0.5, 0.6) is 0 Å². The maximum Gasteiger partial charge on any atom is 0.127 e. The molecule has 4 heteroatoms. The third-order valence-electron chi connectivity index (χ3n) is 2.26. The molecule has 2 heterocycles. The summed E-state index contributed by atoms with van der Waals surface area (Å²) in [5.41, 5.74) is 1.20. The summed E-state index contributed by atoms with van der Waals surface area (Å²) >= 11 is 0. The van der Waals surface area contributed by atoms with E-state index >= 15 is 0 Å². The summed E-state index contributed by atoms with van der Waals surface area (Å²) in [7, 11) is 1.98. The molecule has 0 amide bonds. The molecule has 0 radical (unpaired) electrons. The Balaban J connectivity index is 2.02. The molecule has 0 aromatic carbocycles. The largest absolute Gasteiger partial charge is 0.363 e. The van der Waals surface area contributed by atoms with Gasteiger partial charge in [0.1, 0.15) is 11.6 Å². The van der Waals surface area contributed by atoms with E-state index in [0.717, 1.165) is 11.6 Å². The van der Waals surface area contributed by atoms with Crippen LogP contribution >= 0.6 is 0 Å². The van der Waals surface area contributed by atoms with Crippen LogP contribution < -0.4 is 5.32 Å². The highest BCUT2D eigenvalue weighted by Crippen LogP contribution is 2.06. The highest BCUT2D eigenvalue weighted by atomic mass is 15.1. The van der Waals surface area contributed by atoms with E-state index in [0.29, 0.717) is 6.54 Å². The van der Waals surface area contributed by atoms with Crippen LogP contribution in [-0.2, 0) is 13.6 Å². The Bertz CT molecular complexity index is 447. The molecule has 0 spiro atoms. The van der Waals surface area contributed by atoms with Gasteiger partial charge in [-0.05, 0) is 24.6 Å². The molecule has 0 unspecified atom stereocenters. The minimum absolute atomic E-state index is 0.694. The number of aryl methyl sites for hydroxylation is 2. The van der Waals surface area contributed by atoms with Gasteiger partial charge in [-0.15, -0.1) is 0 Å². The second-order valence-corrected chi connectivity index (χ2v) is 3.53. The van der Waals surface area contributed by atoms with Crippen LogP contribution in [0.2, 0.25) is 0 Å². The van der Waals surface area contributed by atoms with E-state index in [-0.39, 0.29) is 0 Å². The van der Waals surface area contributed by atoms with Crippen molar-refractivity contribution in [2.45, 2.75) is 13.5 Å². The number of nitrogens with zero attached hydrogens (tertiary/aromatic N) is 3. The van der Waals surface area contributed by atoms with Crippen molar-refractivity contribution in [3.05, 3.63) is 42.1 Å². The average Bonchev–Trinajstić information content (AvgIpc) is 2.61. The smallest absolute Gasteiger partial charge is 0.127 e. The van der Waals surface area contributed by atoms with Gasteiger partial charge in [0, 0.05) is 25.6 Å². The van der Waals surface area contributed by atoms with Crippen LogP contribution in [0, 0.1) is 6.92 Å². The number of hydrogen-bond donors (Lipinski definition) is 1. The van der Waals surface area contributed by atoms with Gasteiger partial charge in [-0.25, -0.2) is 9.97 Å². The molecule has 2 rings (SSSR count). The number of pyridine rings is 1. The topological polar surface area (TPSA) is 42.7 Å². The van der Waals surface area contributed by atoms with E-state index in [1.165, 1.54) is 5.56 Å². The van der Waals surface area contributed by atoms with E-state index < -0.39 is 0 Å². The van der Waals surface area contributed by atoms with Crippen molar-refractivity contribution in [1.29, 1.82) is 0 Å². The van der Waals surface area contributed by atoms with E-state index in [2.05, 4.69) is 15.3 Å². The Morgan fingerprint density at radius 1 is 1.33 bits per heavy atom. The first kappa shape index (κ1) is 9.71. The van der Waals surface area contributed by atoms with Crippen LogP contribution in [0.15, 0.2) is 30.7 Å². The van der Waals surface area contributed by atoms with Crippen molar-refractivity contribution < 1.29 is 0 Å². The van der Waals surface area contributed by atoms with E-state index in [9.17, 15) is 0 Å². The van der Waals surface area contributed by atoms with E-state index in [1.807, 2.05) is 36.9 Å². The molecule has 0 fully saturated rings. The second-order valence-electron chi connectivity index (χ2n) is 3.53. The van der Waals surface area contributed by atoms with Crippen molar-refractivity contribution in [2.75, 3.05) is 5.32 Å². The summed E-state index contributed by atoms with van der Waals surface area (Å²) < 4.78 is 1.99. The Morgan fingerprint density at radius 2 is 2.20 bits per heavy atom. The molecular weight excluding hydrogens is 188 g/mol. The van der Waals surface area contributed by atoms with Crippen molar-refractivity contribution in [1.82, 2.24) is 14.5 Å². The van der Waals surface area contributed by atoms with Crippen molar-refractivity contribution in [3.63, 3.8) is 0 Å². The number of nitrogens with one attached hydrogen (secondary N) is 1. The summed E-state index contributed by atoms with van der Waals surface area (Å²) in [6, 6.07) is 3.99. The van der Waals surface area contributed by atoms with Crippen LogP contribution in [0.4, 0.5) is 5.82 Å². The molecule has 0 aliphatic rings. The van der Waals surface area contributed by atoms with E-state index in [4.69, 9.17) is 0 Å². The van der Waals surface area contributed by atoms with Crippen molar-refractivity contribution in [3.8, 4) is 0 Å². The SMILES string of the molecule is Cc1ccnc(NCc2nccn2C)c1. The van der Waals surface area contributed by atoms with Crippen molar-refractivity contribution >= 4 is 5.82 Å². The molecule has 1 N–H and O–H groups in total. The summed E-state index contributed by atoms with van der Waals surface area (Å²) in [5, 5.41) is 3.23. The molecule has 15 heavy (non-hydrogen) atoms. The van der Waals surface area contributed by atoms with Crippen molar-refractivity contribution in [2.24, 2.45) is 7.05 Å². The zero-order valence-electron chi connectivity index (χ0n) is 8.94. The molecule has 0 bridgehead atoms. The zero-order chi connectivity index (χ0) is 10.7. The first-order chi connectivity index (χ1) is 7.25. The lowest BCUT2D eigenvalue weighted by atomic mass is 10.3. The normalized spacial score (nSPS) is 10.3. The average molecular weight is 202 g/mol. The van der Waals surface area contributed by atoms with E-state index in [1.54, 1.807) is 12.4 Å². The standard InChI is InChI=1S/C11H14N4/c1-9-3-4-12-10(7-9)14-8-11-13-5-6-15(11)2/h3-7H,8H2,1-2H3,(H,12,14). The predicted molar refractivity (Wildman–Crippen MR) is 59.5 cm³/mol. The third kappa shape index (κ3) is 2.34. The lowest BCUT2D eigenvalue weighted by molar-refractivity contribution is 0.811. The minimum atomic E-state index is 0.694. The van der Waals surface area contributed by atoms with Crippen LogP contribution in [-0.4, -0.2) is 14.5 Å². The van der Waals surface area contributed by atoms with Crippen LogP contribution in [0.1, 0.15) is 11.4 Å². The summed E-state index contributed by atoms with van der Waals surface area (Å²) in [5.74, 6) is 1.89. The van der Waals surface area contributed by atoms with Crippen LogP contribution in [0.3, 0.4) is 0 Å². The zero-order valence-corrected chi connectivity index (χ0v) is 8.94. The fourth-order valence-electron chi connectivity index (χ4n) is 1.37. The molecule has 0 aliphatic carbocycles. The van der Waals surface area contributed by atoms with Gasteiger partial charge in [-0.2, -0.15) is 0 Å². The minimum Gasteiger partial charge on any atom is -0.363 e. The van der Waals surface area contributed by atoms with Gasteiger partial charge in [0.25, 0.3) is 0 Å². The maximum absolute atomic E-state index is 4.23. The summed E-state index contributed by atoms with van der Waals surface area (Å²) in [6.45, 7) is 2.74. The highest BCUT2D eigenvalue weighted by molar-refractivity contribution is 5.36. The monoisotopic (exact) mass is 202 g/mol. The molecule has 4 nitrogen and oxygen atoms in total. The molecular formula is C11H14N4. The molecule has 0 saturated carbocycles. The summed E-state index contributed by atoms with van der Waals surface area (Å²) in [4.78, 5) is 8.45. The molecule has 2 aromatic heterocycles. The quantitative estimate of drug-likeness (QED) is 0.824. The van der Waals surface area contributed by atoms with Gasteiger partial charge in [0.15, 0.2) is 0 Å². The molecule has 2 aromatic rings. The number of aromatic nitrogens is 3. The number of hydrogen-bond acceptors (Lipinski definition) is 3. The number of rotatable bonds is 3. The highest BCUT2D eigenvalue weighted by Gasteiger charge is 1.99. The number of anilines is 1. The predicted octanol–water partition coefficient (Wildman–Crippen LogP) is 1.74. The van der Waals surface area contributed by atoms with Gasteiger partial charge >= 0.3 is 0 Å².